The van der Waals surface area contributed by atoms with Crippen molar-refractivity contribution in [1.82, 2.24) is 4.90 Å². The Bertz CT molecular complexity index is 337. The van der Waals surface area contributed by atoms with E-state index >= 15 is 0 Å². The number of carbonyl (C=O) groups excluding carboxylic acids is 1. The van der Waals surface area contributed by atoms with Gasteiger partial charge in [0.2, 0.25) is 0 Å². The predicted molar refractivity (Wildman–Crippen MR) is 58.0 cm³/mol. The minimum Gasteiger partial charge on any atom is -0.444 e. The standard InChI is InChI=1S/C11H18F3NO3/c1-7-5-15(8(16)18-9(2,3)4)6-10(7,17)11(12,13)14/h7,17H,5-6H2,1-4H3/t7-,10+/m0/s1. The molecule has 1 amide bonds. The minimum atomic E-state index is -4.76. The molecule has 1 aliphatic heterocycles. The van der Waals surface area contributed by atoms with Crippen molar-refractivity contribution in [2.24, 2.45) is 5.92 Å². The molecule has 1 fully saturated rings. The molecular weight excluding hydrogens is 251 g/mol. The average Bonchev–Trinajstić information content (AvgIpc) is 2.40. The Morgan fingerprint density at radius 1 is 1.39 bits per heavy atom. The molecule has 0 aliphatic carbocycles. The summed E-state index contributed by atoms with van der Waals surface area (Å²) in [6.07, 6.45) is -5.60. The number of hydrogen-bond donors (Lipinski definition) is 1. The highest BCUT2D eigenvalue weighted by Crippen LogP contribution is 2.41. The van der Waals surface area contributed by atoms with Gasteiger partial charge in [-0.2, -0.15) is 13.2 Å². The second-order valence-corrected chi connectivity index (χ2v) is 5.68. The number of amides is 1. The van der Waals surface area contributed by atoms with Crippen LogP contribution >= 0.6 is 0 Å². The zero-order valence-corrected chi connectivity index (χ0v) is 10.8. The number of nitrogens with zero attached hydrogens (tertiary/aromatic N) is 1. The summed E-state index contributed by atoms with van der Waals surface area (Å²) in [6, 6.07) is 0. The van der Waals surface area contributed by atoms with Crippen LogP contribution in [0.2, 0.25) is 0 Å². The molecule has 0 aromatic rings. The van der Waals surface area contributed by atoms with Gasteiger partial charge in [-0.3, -0.25) is 0 Å². The third-order valence-corrected chi connectivity index (χ3v) is 2.88. The van der Waals surface area contributed by atoms with Gasteiger partial charge in [-0.25, -0.2) is 4.79 Å². The lowest BCUT2D eigenvalue weighted by molar-refractivity contribution is -0.265. The Balaban J connectivity index is 2.79. The largest absolute Gasteiger partial charge is 0.444 e. The van der Waals surface area contributed by atoms with Crippen molar-refractivity contribution in [2.45, 2.75) is 45.1 Å². The van der Waals surface area contributed by atoms with E-state index in [1.54, 1.807) is 20.8 Å². The zero-order valence-electron chi connectivity index (χ0n) is 10.8. The highest BCUT2D eigenvalue weighted by molar-refractivity contribution is 5.68. The molecule has 1 heterocycles. The monoisotopic (exact) mass is 269 g/mol. The highest BCUT2D eigenvalue weighted by atomic mass is 19.4. The summed E-state index contributed by atoms with van der Waals surface area (Å²) in [5.41, 5.74) is -3.64. The Labute approximate surface area is 104 Å². The number of likely N-dealkylation sites (tertiary alicyclic amines) is 1. The first kappa shape index (κ1) is 15.1. The Morgan fingerprint density at radius 3 is 2.22 bits per heavy atom. The highest BCUT2D eigenvalue weighted by Gasteiger charge is 2.62. The van der Waals surface area contributed by atoms with E-state index in [1.165, 1.54) is 6.92 Å². The first-order valence-corrected chi connectivity index (χ1v) is 5.64. The number of β-amino-alcohol motifs (C(OH)–C–C–N with tert-alkyl or cyclic N) is 1. The molecule has 0 unspecified atom stereocenters. The minimum absolute atomic E-state index is 0.176. The van der Waals surface area contributed by atoms with Gasteiger partial charge in [0.05, 0.1) is 6.54 Å². The quantitative estimate of drug-likeness (QED) is 0.733. The van der Waals surface area contributed by atoms with Gasteiger partial charge in [0.25, 0.3) is 0 Å². The molecule has 1 saturated heterocycles. The molecule has 0 aromatic heterocycles. The average molecular weight is 269 g/mol. The van der Waals surface area contributed by atoms with E-state index in [-0.39, 0.29) is 6.54 Å². The van der Waals surface area contributed by atoms with Crippen LogP contribution < -0.4 is 0 Å². The molecule has 7 heteroatoms. The number of rotatable bonds is 0. The summed E-state index contributed by atoms with van der Waals surface area (Å²) in [5, 5.41) is 9.64. The van der Waals surface area contributed by atoms with Crippen molar-refractivity contribution in [1.29, 1.82) is 0 Å². The van der Waals surface area contributed by atoms with Gasteiger partial charge in [-0.15, -0.1) is 0 Å². The molecule has 1 N–H and O–H groups in total. The van der Waals surface area contributed by atoms with Gasteiger partial charge in [0.15, 0.2) is 5.60 Å². The van der Waals surface area contributed by atoms with Crippen molar-refractivity contribution >= 4 is 6.09 Å². The Morgan fingerprint density at radius 2 is 1.89 bits per heavy atom. The summed E-state index contributed by atoms with van der Waals surface area (Å²) in [4.78, 5) is 12.5. The molecule has 0 spiro atoms. The Kier molecular flexibility index (Phi) is 3.60. The molecule has 0 aromatic carbocycles. The van der Waals surface area contributed by atoms with Crippen molar-refractivity contribution in [3.8, 4) is 0 Å². The second-order valence-electron chi connectivity index (χ2n) is 5.68. The Hall–Kier alpha value is -0.980. The molecular formula is C11H18F3NO3. The lowest BCUT2D eigenvalue weighted by Crippen LogP contribution is -2.51. The van der Waals surface area contributed by atoms with Crippen molar-refractivity contribution in [2.75, 3.05) is 13.1 Å². The van der Waals surface area contributed by atoms with Gasteiger partial charge in [0, 0.05) is 12.5 Å². The number of halogens is 3. The third-order valence-electron chi connectivity index (χ3n) is 2.88. The van der Waals surface area contributed by atoms with Crippen LogP contribution in [0.5, 0.6) is 0 Å². The molecule has 1 aliphatic rings. The molecule has 0 saturated carbocycles. The van der Waals surface area contributed by atoms with Gasteiger partial charge >= 0.3 is 12.3 Å². The van der Waals surface area contributed by atoms with E-state index in [9.17, 15) is 23.1 Å². The van der Waals surface area contributed by atoms with Crippen LogP contribution in [0.25, 0.3) is 0 Å². The van der Waals surface area contributed by atoms with Gasteiger partial charge in [0.1, 0.15) is 5.60 Å². The number of aliphatic hydroxyl groups is 1. The smallest absolute Gasteiger partial charge is 0.419 e. The summed E-state index contributed by atoms with van der Waals surface area (Å²) < 4.78 is 43.2. The van der Waals surface area contributed by atoms with Crippen LogP contribution in [0.1, 0.15) is 27.7 Å². The first-order chi connectivity index (χ1) is 7.87. The molecule has 0 radical (unpaired) electrons. The van der Waals surface area contributed by atoms with Gasteiger partial charge in [-0.05, 0) is 20.8 Å². The third kappa shape index (κ3) is 2.88. The van der Waals surface area contributed by atoms with Gasteiger partial charge < -0.3 is 14.7 Å². The molecule has 106 valence electrons. The lowest BCUT2D eigenvalue weighted by Gasteiger charge is -2.29. The number of alkyl halides is 3. The second kappa shape index (κ2) is 4.29. The zero-order chi connectivity index (χ0) is 14.4. The fraction of sp³-hybridized carbons (Fsp3) is 0.909. The summed E-state index contributed by atoms with van der Waals surface area (Å²) in [7, 11) is 0. The van der Waals surface area contributed by atoms with E-state index in [0.717, 1.165) is 4.90 Å². The maximum absolute atomic E-state index is 12.7. The van der Waals surface area contributed by atoms with E-state index in [0.29, 0.717) is 0 Å². The molecule has 0 bridgehead atoms. The molecule has 18 heavy (non-hydrogen) atoms. The molecule has 2 atom stereocenters. The molecule has 4 nitrogen and oxygen atoms in total. The number of hydrogen-bond acceptors (Lipinski definition) is 3. The molecule has 1 rings (SSSR count). The van der Waals surface area contributed by atoms with E-state index in [4.69, 9.17) is 4.74 Å². The summed E-state index contributed by atoms with van der Waals surface area (Å²) >= 11 is 0. The maximum Gasteiger partial charge on any atom is 0.419 e. The fourth-order valence-corrected chi connectivity index (χ4v) is 1.83. The summed E-state index contributed by atoms with van der Waals surface area (Å²) in [5.74, 6) is -1.08. The first-order valence-electron chi connectivity index (χ1n) is 5.64. The van der Waals surface area contributed by atoms with E-state index in [1.807, 2.05) is 0 Å². The normalized spacial score (nSPS) is 29.6. The van der Waals surface area contributed by atoms with Crippen molar-refractivity contribution in [3.63, 3.8) is 0 Å². The lowest BCUT2D eigenvalue weighted by atomic mass is 9.92. The van der Waals surface area contributed by atoms with Crippen LogP contribution in [0.3, 0.4) is 0 Å². The fourth-order valence-electron chi connectivity index (χ4n) is 1.83. The van der Waals surface area contributed by atoms with Crippen LogP contribution in [0.4, 0.5) is 18.0 Å². The van der Waals surface area contributed by atoms with Crippen molar-refractivity contribution < 1.29 is 27.8 Å². The van der Waals surface area contributed by atoms with Crippen LogP contribution in [0, 0.1) is 5.92 Å². The van der Waals surface area contributed by atoms with Crippen LogP contribution in [0.15, 0.2) is 0 Å². The number of carbonyl (C=O) groups is 1. The van der Waals surface area contributed by atoms with Crippen LogP contribution in [-0.2, 0) is 4.74 Å². The maximum atomic E-state index is 12.7. The van der Waals surface area contributed by atoms with E-state index in [2.05, 4.69) is 0 Å². The number of ether oxygens (including phenoxy) is 1. The van der Waals surface area contributed by atoms with Crippen molar-refractivity contribution in [3.05, 3.63) is 0 Å². The van der Waals surface area contributed by atoms with E-state index < -0.39 is 35.9 Å². The topological polar surface area (TPSA) is 49.8 Å². The van der Waals surface area contributed by atoms with Crippen LogP contribution in [-0.4, -0.2) is 46.6 Å². The SMILES string of the molecule is C[C@H]1CN(C(=O)OC(C)(C)C)C[C@]1(O)C(F)(F)F. The predicted octanol–water partition coefficient (Wildman–Crippen LogP) is 2.17. The summed E-state index contributed by atoms with van der Waals surface area (Å²) in [6.45, 7) is 5.18. The van der Waals surface area contributed by atoms with Gasteiger partial charge in [-0.1, -0.05) is 6.92 Å².